The minimum Gasteiger partial charge on any atom is -0.462 e. The Kier molecular flexibility index (Phi) is 4.81. The van der Waals surface area contributed by atoms with Crippen molar-refractivity contribution in [1.82, 2.24) is 4.57 Å². The van der Waals surface area contributed by atoms with Crippen molar-refractivity contribution in [2.45, 2.75) is 13.5 Å². The second kappa shape index (κ2) is 7.19. The van der Waals surface area contributed by atoms with Gasteiger partial charge in [0.2, 0.25) is 5.43 Å². The third-order valence-electron chi connectivity index (χ3n) is 3.97. The van der Waals surface area contributed by atoms with Crippen molar-refractivity contribution >= 4 is 16.9 Å². The Balaban J connectivity index is 2.21. The number of fused-ring (bicyclic) bond motifs is 1. The van der Waals surface area contributed by atoms with Crippen LogP contribution in [-0.2, 0) is 11.3 Å². The Morgan fingerprint density at radius 3 is 2.62 bits per heavy atom. The predicted molar refractivity (Wildman–Crippen MR) is 94.4 cm³/mol. The standard InChI is InChI=1S/C20H15FN2O3/c1-2-26-20(25)17-12-23(11-13-3-6-15(21)7-4-13)18-8-5-14(10-22)9-16(18)19(17)24/h3-9,12H,2,11H2,1H3. The number of pyridine rings is 1. The lowest BCUT2D eigenvalue weighted by Gasteiger charge is -2.13. The summed E-state index contributed by atoms with van der Waals surface area (Å²) in [7, 11) is 0. The van der Waals surface area contributed by atoms with Crippen molar-refractivity contribution in [2.75, 3.05) is 6.61 Å². The quantitative estimate of drug-likeness (QED) is 0.677. The van der Waals surface area contributed by atoms with Gasteiger partial charge in [0.05, 0.1) is 23.8 Å². The van der Waals surface area contributed by atoms with Gasteiger partial charge in [-0.1, -0.05) is 12.1 Å². The van der Waals surface area contributed by atoms with E-state index in [1.165, 1.54) is 24.4 Å². The number of nitrogens with zero attached hydrogens (tertiary/aromatic N) is 2. The van der Waals surface area contributed by atoms with Crippen LogP contribution in [0.2, 0.25) is 0 Å². The van der Waals surface area contributed by atoms with Gasteiger partial charge in [-0.2, -0.15) is 5.26 Å². The Bertz CT molecular complexity index is 1080. The molecule has 0 saturated heterocycles. The zero-order valence-corrected chi connectivity index (χ0v) is 14.0. The first-order valence-corrected chi connectivity index (χ1v) is 8.02. The molecule has 0 aliphatic heterocycles. The van der Waals surface area contributed by atoms with Crippen molar-refractivity contribution in [3.8, 4) is 6.07 Å². The molecule has 0 fully saturated rings. The van der Waals surface area contributed by atoms with Crippen LogP contribution < -0.4 is 5.43 Å². The minimum absolute atomic E-state index is 0.100. The largest absolute Gasteiger partial charge is 0.462 e. The van der Waals surface area contributed by atoms with Crippen LogP contribution in [0.3, 0.4) is 0 Å². The number of rotatable bonds is 4. The molecule has 0 radical (unpaired) electrons. The van der Waals surface area contributed by atoms with Crippen molar-refractivity contribution in [3.63, 3.8) is 0 Å². The van der Waals surface area contributed by atoms with E-state index in [1.807, 2.05) is 6.07 Å². The van der Waals surface area contributed by atoms with Gasteiger partial charge in [-0.3, -0.25) is 4.79 Å². The fourth-order valence-corrected chi connectivity index (χ4v) is 2.74. The molecule has 0 bridgehead atoms. The molecule has 5 nitrogen and oxygen atoms in total. The summed E-state index contributed by atoms with van der Waals surface area (Å²) < 4.78 is 19.8. The topological polar surface area (TPSA) is 72.1 Å². The first-order chi connectivity index (χ1) is 12.5. The molecule has 3 rings (SSSR count). The van der Waals surface area contributed by atoms with E-state index >= 15 is 0 Å². The highest BCUT2D eigenvalue weighted by Gasteiger charge is 2.17. The summed E-state index contributed by atoms with van der Waals surface area (Å²) in [4.78, 5) is 24.9. The van der Waals surface area contributed by atoms with Gasteiger partial charge in [0, 0.05) is 18.1 Å². The molecule has 0 aliphatic rings. The maximum absolute atomic E-state index is 13.1. The van der Waals surface area contributed by atoms with Crippen LogP contribution in [0, 0.1) is 17.1 Å². The SMILES string of the molecule is CCOC(=O)c1cn(Cc2ccc(F)cc2)c2ccc(C#N)cc2c1=O. The number of carbonyl (C=O) groups is 1. The molecule has 26 heavy (non-hydrogen) atoms. The number of aromatic nitrogens is 1. The highest BCUT2D eigenvalue weighted by molar-refractivity contribution is 5.94. The van der Waals surface area contributed by atoms with Crippen LogP contribution in [0.15, 0.2) is 53.5 Å². The van der Waals surface area contributed by atoms with Crippen molar-refractivity contribution in [2.24, 2.45) is 0 Å². The minimum atomic E-state index is -0.713. The molecule has 0 saturated carbocycles. The number of hydrogen-bond donors (Lipinski definition) is 0. The highest BCUT2D eigenvalue weighted by Crippen LogP contribution is 2.17. The molecule has 2 aromatic carbocycles. The summed E-state index contributed by atoms with van der Waals surface area (Å²) in [6.45, 7) is 2.13. The van der Waals surface area contributed by atoms with Gasteiger partial charge < -0.3 is 9.30 Å². The fourth-order valence-electron chi connectivity index (χ4n) is 2.74. The van der Waals surface area contributed by atoms with Gasteiger partial charge in [-0.15, -0.1) is 0 Å². The highest BCUT2D eigenvalue weighted by atomic mass is 19.1. The predicted octanol–water partition coefficient (Wildman–Crippen LogP) is 3.24. The Labute approximate surface area is 148 Å². The van der Waals surface area contributed by atoms with E-state index in [4.69, 9.17) is 10.00 Å². The molecule has 1 aromatic heterocycles. The van der Waals surface area contributed by atoms with Gasteiger partial charge in [-0.25, -0.2) is 9.18 Å². The molecular formula is C20H15FN2O3. The lowest BCUT2D eigenvalue weighted by molar-refractivity contribution is 0.0524. The third kappa shape index (κ3) is 3.33. The normalized spacial score (nSPS) is 10.5. The number of esters is 1. The van der Waals surface area contributed by atoms with E-state index in [-0.39, 0.29) is 23.4 Å². The third-order valence-corrected chi connectivity index (χ3v) is 3.97. The number of hydrogen-bond acceptors (Lipinski definition) is 4. The van der Waals surface area contributed by atoms with Crippen molar-refractivity contribution in [1.29, 1.82) is 5.26 Å². The van der Waals surface area contributed by atoms with Crippen LogP contribution in [0.1, 0.15) is 28.4 Å². The molecule has 130 valence electrons. The second-order valence-corrected chi connectivity index (χ2v) is 5.69. The zero-order chi connectivity index (χ0) is 18.7. The number of nitriles is 1. The van der Waals surface area contributed by atoms with Crippen LogP contribution in [-0.4, -0.2) is 17.1 Å². The molecule has 6 heteroatoms. The Morgan fingerprint density at radius 1 is 1.23 bits per heavy atom. The molecular weight excluding hydrogens is 335 g/mol. The number of halogens is 1. The van der Waals surface area contributed by atoms with E-state index in [0.29, 0.717) is 17.6 Å². The monoisotopic (exact) mass is 350 g/mol. The fraction of sp³-hybridized carbons (Fsp3) is 0.150. The summed E-state index contributed by atoms with van der Waals surface area (Å²) in [5.74, 6) is -1.06. The maximum Gasteiger partial charge on any atom is 0.343 e. The van der Waals surface area contributed by atoms with Gasteiger partial charge in [0.15, 0.2) is 0 Å². The first kappa shape index (κ1) is 17.4. The van der Waals surface area contributed by atoms with Crippen molar-refractivity contribution < 1.29 is 13.9 Å². The average Bonchev–Trinajstić information content (AvgIpc) is 2.65. The molecule has 0 spiro atoms. The summed E-state index contributed by atoms with van der Waals surface area (Å²) in [5, 5.41) is 9.36. The zero-order valence-electron chi connectivity index (χ0n) is 14.0. The Hall–Kier alpha value is -3.46. The van der Waals surface area contributed by atoms with E-state index in [2.05, 4.69) is 0 Å². The lowest BCUT2D eigenvalue weighted by Crippen LogP contribution is -2.21. The average molecular weight is 350 g/mol. The number of benzene rings is 2. The molecule has 1 heterocycles. The van der Waals surface area contributed by atoms with E-state index in [0.717, 1.165) is 5.56 Å². The lowest BCUT2D eigenvalue weighted by atomic mass is 10.1. The smallest absolute Gasteiger partial charge is 0.343 e. The van der Waals surface area contributed by atoms with Gasteiger partial charge in [-0.05, 0) is 42.8 Å². The summed E-state index contributed by atoms with van der Waals surface area (Å²) >= 11 is 0. The summed E-state index contributed by atoms with van der Waals surface area (Å²) in [6.07, 6.45) is 1.44. The molecule has 3 aromatic rings. The molecule has 0 atom stereocenters. The van der Waals surface area contributed by atoms with E-state index < -0.39 is 11.4 Å². The molecule has 0 amide bonds. The molecule has 0 N–H and O–H groups in total. The van der Waals surface area contributed by atoms with Crippen LogP contribution in [0.4, 0.5) is 4.39 Å². The summed E-state index contributed by atoms with van der Waals surface area (Å²) in [5.41, 5.74) is 1.12. The van der Waals surface area contributed by atoms with E-state index in [1.54, 1.807) is 35.8 Å². The van der Waals surface area contributed by atoms with E-state index in [9.17, 15) is 14.0 Å². The summed E-state index contributed by atoms with van der Waals surface area (Å²) in [6, 6.07) is 12.7. The number of ether oxygens (including phenoxy) is 1. The number of carbonyl (C=O) groups excluding carboxylic acids is 1. The van der Waals surface area contributed by atoms with Crippen LogP contribution >= 0.6 is 0 Å². The van der Waals surface area contributed by atoms with Gasteiger partial charge in [0.1, 0.15) is 11.4 Å². The van der Waals surface area contributed by atoms with Crippen molar-refractivity contribution in [3.05, 3.63) is 81.4 Å². The van der Waals surface area contributed by atoms with Gasteiger partial charge >= 0.3 is 5.97 Å². The maximum atomic E-state index is 13.1. The molecule has 0 unspecified atom stereocenters. The van der Waals surface area contributed by atoms with Crippen LogP contribution in [0.25, 0.3) is 10.9 Å². The van der Waals surface area contributed by atoms with Crippen LogP contribution in [0.5, 0.6) is 0 Å². The second-order valence-electron chi connectivity index (χ2n) is 5.69. The first-order valence-electron chi connectivity index (χ1n) is 8.02. The molecule has 0 aliphatic carbocycles. The Morgan fingerprint density at radius 2 is 1.96 bits per heavy atom. The van der Waals surface area contributed by atoms with Gasteiger partial charge in [0.25, 0.3) is 0 Å².